The average Bonchev–Trinajstić information content (AvgIpc) is 2.35. The molecule has 0 saturated heterocycles. The molecular weight excluding hydrogens is 200 g/mol. The summed E-state index contributed by atoms with van der Waals surface area (Å²) in [6, 6.07) is 3.85. The second-order valence-electron chi connectivity index (χ2n) is 3.92. The van der Waals surface area contributed by atoms with E-state index in [2.05, 4.69) is 23.7 Å². The Kier molecular flexibility index (Phi) is 5.40. The predicted octanol–water partition coefficient (Wildman–Crippen LogP) is 4.03. The molecule has 0 amide bonds. The van der Waals surface area contributed by atoms with Crippen molar-refractivity contribution in [1.82, 2.24) is 4.98 Å². The van der Waals surface area contributed by atoms with Crippen molar-refractivity contribution >= 4 is 0 Å². The molecule has 1 heterocycles. The highest BCUT2D eigenvalue weighted by Gasteiger charge is 2.15. The van der Waals surface area contributed by atoms with E-state index in [1.165, 1.54) is 12.8 Å². The van der Waals surface area contributed by atoms with Gasteiger partial charge in [-0.15, -0.1) is 4.91 Å². The summed E-state index contributed by atoms with van der Waals surface area (Å²) in [6.45, 7) is 5.88. The summed E-state index contributed by atoms with van der Waals surface area (Å²) in [4.78, 5) is 14.6. The van der Waals surface area contributed by atoms with E-state index >= 15 is 0 Å². The summed E-state index contributed by atoms with van der Waals surface area (Å²) in [5.74, 6) is 0.0257. The van der Waals surface area contributed by atoms with Gasteiger partial charge in [-0.2, -0.15) is 0 Å². The van der Waals surface area contributed by atoms with Crippen LogP contribution >= 0.6 is 0 Å². The van der Waals surface area contributed by atoms with Crippen LogP contribution in [-0.4, -0.2) is 4.98 Å². The monoisotopic (exact) mass is 218 g/mol. The Morgan fingerprint density at radius 2 is 2.38 bits per heavy atom. The molecule has 16 heavy (non-hydrogen) atoms. The Balaban J connectivity index is 2.71. The van der Waals surface area contributed by atoms with Gasteiger partial charge in [0.15, 0.2) is 0 Å². The first-order valence-corrected chi connectivity index (χ1v) is 5.71. The molecule has 3 heteroatoms. The number of aromatic nitrogens is 1. The van der Waals surface area contributed by atoms with Crippen molar-refractivity contribution in [3.05, 3.63) is 47.3 Å². The third kappa shape index (κ3) is 3.57. The van der Waals surface area contributed by atoms with E-state index in [0.717, 1.165) is 18.4 Å². The van der Waals surface area contributed by atoms with Crippen LogP contribution in [0.3, 0.4) is 0 Å². The minimum Gasteiger partial charge on any atom is -0.264 e. The Bertz CT molecular complexity index is 335. The van der Waals surface area contributed by atoms with Gasteiger partial charge < -0.3 is 0 Å². The molecule has 0 aliphatic heterocycles. The summed E-state index contributed by atoms with van der Waals surface area (Å²) in [7, 11) is 0. The van der Waals surface area contributed by atoms with Gasteiger partial charge in [0.1, 0.15) is 0 Å². The van der Waals surface area contributed by atoms with Gasteiger partial charge in [-0.1, -0.05) is 38.8 Å². The van der Waals surface area contributed by atoms with Gasteiger partial charge in [-0.05, 0) is 23.2 Å². The summed E-state index contributed by atoms with van der Waals surface area (Å²) >= 11 is 0. The Labute approximate surface area is 96.6 Å². The maximum atomic E-state index is 10.6. The van der Waals surface area contributed by atoms with Gasteiger partial charge in [0.25, 0.3) is 0 Å². The molecule has 3 nitrogen and oxygen atoms in total. The molecule has 0 saturated carbocycles. The Morgan fingerprint density at radius 3 is 2.94 bits per heavy atom. The summed E-state index contributed by atoms with van der Waals surface area (Å²) in [5.41, 5.74) is 1.44. The number of unbranched alkanes of at least 4 members (excludes halogenated alkanes) is 2. The zero-order chi connectivity index (χ0) is 11.8. The molecule has 0 fully saturated rings. The van der Waals surface area contributed by atoms with E-state index in [1.807, 2.05) is 12.1 Å². The predicted molar refractivity (Wildman–Crippen MR) is 66.1 cm³/mol. The third-order valence-corrected chi connectivity index (χ3v) is 2.70. The van der Waals surface area contributed by atoms with Crippen molar-refractivity contribution in [3.63, 3.8) is 0 Å². The molecule has 1 atom stereocenters. The lowest BCUT2D eigenvalue weighted by Crippen LogP contribution is -2.01. The fraction of sp³-hybridized carbons (Fsp3) is 0.462. The van der Waals surface area contributed by atoms with E-state index in [4.69, 9.17) is 0 Å². The minimum absolute atomic E-state index is 0.0257. The van der Waals surface area contributed by atoms with Crippen molar-refractivity contribution in [2.75, 3.05) is 0 Å². The van der Waals surface area contributed by atoms with Crippen LogP contribution in [0.4, 0.5) is 0 Å². The number of pyridine rings is 1. The quantitative estimate of drug-likeness (QED) is 0.512. The minimum atomic E-state index is 0.0257. The zero-order valence-electron chi connectivity index (χ0n) is 9.72. The lowest BCUT2D eigenvalue weighted by atomic mass is 9.92. The maximum Gasteiger partial charge on any atom is 0.0852 e. The van der Waals surface area contributed by atoms with Crippen LogP contribution in [0.2, 0.25) is 0 Å². The number of allylic oxidation sites excluding steroid dienone is 1. The van der Waals surface area contributed by atoms with Gasteiger partial charge in [0.05, 0.1) is 5.70 Å². The van der Waals surface area contributed by atoms with Crippen molar-refractivity contribution in [2.24, 2.45) is 5.18 Å². The highest BCUT2D eigenvalue weighted by molar-refractivity contribution is 5.24. The third-order valence-electron chi connectivity index (χ3n) is 2.70. The highest BCUT2D eigenvalue weighted by atomic mass is 16.3. The topological polar surface area (TPSA) is 42.3 Å². The number of nitrogens with zero attached hydrogens (tertiary/aromatic N) is 2. The fourth-order valence-electron chi connectivity index (χ4n) is 1.77. The summed E-state index contributed by atoms with van der Waals surface area (Å²) in [5, 5.41) is 2.97. The van der Waals surface area contributed by atoms with Gasteiger partial charge >= 0.3 is 0 Å². The molecule has 1 aromatic heterocycles. The first-order chi connectivity index (χ1) is 7.79. The molecule has 0 aromatic carbocycles. The van der Waals surface area contributed by atoms with Gasteiger partial charge in [0, 0.05) is 18.3 Å². The van der Waals surface area contributed by atoms with Crippen LogP contribution in [0.15, 0.2) is 42.0 Å². The molecule has 0 spiro atoms. The first kappa shape index (κ1) is 12.6. The first-order valence-electron chi connectivity index (χ1n) is 5.71. The van der Waals surface area contributed by atoms with E-state index in [0.29, 0.717) is 5.70 Å². The Hall–Kier alpha value is -1.51. The molecular formula is C13H18N2O. The summed E-state index contributed by atoms with van der Waals surface area (Å²) in [6.07, 6.45) is 7.86. The van der Waals surface area contributed by atoms with Crippen molar-refractivity contribution in [1.29, 1.82) is 0 Å². The van der Waals surface area contributed by atoms with Crippen LogP contribution in [0.25, 0.3) is 0 Å². The highest BCUT2D eigenvalue weighted by Crippen LogP contribution is 2.28. The lowest BCUT2D eigenvalue weighted by Gasteiger charge is -2.14. The smallest absolute Gasteiger partial charge is 0.0852 e. The van der Waals surface area contributed by atoms with E-state index in [9.17, 15) is 4.91 Å². The van der Waals surface area contributed by atoms with E-state index < -0.39 is 0 Å². The standard InChI is InChI=1S/C13H18N2O/c1-3-4-5-8-13(11(2)15-16)12-7-6-9-14-10-12/h6-7,9-10,13H,2-5,8H2,1H3. The van der Waals surface area contributed by atoms with Crippen molar-refractivity contribution in [3.8, 4) is 0 Å². The molecule has 1 unspecified atom stereocenters. The van der Waals surface area contributed by atoms with Gasteiger partial charge in [-0.25, -0.2) is 0 Å². The molecule has 1 rings (SSSR count). The van der Waals surface area contributed by atoms with Crippen LogP contribution in [0, 0.1) is 4.91 Å². The molecule has 0 radical (unpaired) electrons. The molecule has 0 aliphatic rings. The van der Waals surface area contributed by atoms with Crippen LogP contribution in [-0.2, 0) is 0 Å². The fourth-order valence-corrected chi connectivity index (χ4v) is 1.77. The van der Waals surface area contributed by atoms with Crippen LogP contribution in [0.1, 0.15) is 44.1 Å². The second-order valence-corrected chi connectivity index (χ2v) is 3.92. The average molecular weight is 218 g/mol. The van der Waals surface area contributed by atoms with Gasteiger partial charge in [0.2, 0.25) is 0 Å². The second kappa shape index (κ2) is 6.88. The molecule has 86 valence electrons. The lowest BCUT2D eigenvalue weighted by molar-refractivity contribution is 0.608. The van der Waals surface area contributed by atoms with E-state index in [1.54, 1.807) is 12.4 Å². The van der Waals surface area contributed by atoms with Crippen molar-refractivity contribution < 1.29 is 0 Å². The molecule has 1 aromatic rings. The van der Waals surface area contributed by atoms with Crippen LogP contribution < -0.4 is 0 Å². The molecule has 0 aliphatic carbocycles. The zero-order valence-corrected chi connectivity index (χ0v) is 9.72. The number of rotatable bonds is 7. The molecule has 0 N–H and O–H groups in total. The summed E-state index contributed by atoms with van der Waals surface area (Å²) < 4.78 is 0. The SMILES string of the molecule is C=C(N=O)C(CCCCC)c1cccnc1. The largest absolute Gasteiger partial charge is 0.264 e. The number of nitroso groups, excluding NO2 is 1. The van der Waals surface area contributed by atoms with Gasteiger partial charge in [-0.3, -0.25) is 4.98 Å². The number of hydrogen-bond donors (Lipinski definition) is 0. The molecule has 0 bridgehead atoms. The number of hydrogen-bond acceptors (Lipinski definition) is 3. The van der Waals surface area contributed by atoms with E-state index in [-0.39, 0.29) is 5.92 Å². The van der Waals surface area contributed by atoms with Crippen molar-refractivity contribution in [2.45, 2.75) is 38.5 Å². The Morgan fingerprint density at radius 1 is 1.56 bits per heavy atom. The van der Waals surface area contributed by atoms with Crippen LogP contribution in [0.5, 0.6) is 0 Å². The normalized spacial score (nSPS) is 12.1. The maximum absolute atomic E-state index is 10.6.